The number of para-hydroxylation sites is 1. The van der Waals surface area contributed by atoms with Gasteiger partial charge in [0.05, 0.1) is 16.3 Å². The molecule has 0 aromatic heterocycles. The Bertz CT molecular complexity index is 747. The Hall–Kier alpha value is -1.67. The third-order valence-electron chi connectivity index (χ3n) is 5.08. The molecule has 2 aliphatic rings. The molecular weight excluding hydrogens is 274 g/mol. The Morgan fingerprint density at radius 3 is 2.48 bits per heavy atom. The zero-order valence-electron chi connectivity index (χ0n) is 12.7. The van der Waals surface area contributed by atoms with Crippen LogP contribution in [0.2, 0.25) is 0 Å². The van der Waals surface area contributed by atoms with Crippen LogP contribution in [-0.2, 0) is 16.3 Å². The zero-order chi connectivity index (χ0) is 14.7. The number of anilines is 1. The fourth-order valence-electron chi connectivity index (χ4n) is 3.78. The van der Waals surface area contributed by atoms with Crippen molar-refractivity contribution < 1.29 is 0 Å². The van der Waals surface area contributed by atoms with E-state index in [0.29, 0.717) is 0 Å². The number of rotatable bonds is 0. The van der Waals surface area contributed by atoms with Crippen molar-refractivity contribution in [2.75, 3.05) is 11.6 Å². The van der Waals surface area contributed by atoms with Crippen LogP contribution >= 0.6 is 0 Å². The highest BCUT2D eigenvalue weighted by atomic mass is 32.2. The van der Waals surface area contributed by atoms with E-state index in [-0.39, 0.29) is 21.2 Å². The summed E-state index contributed by atoms with van der Waals surface area (Å²) in [6.07, 6.45) is 7.07. The highest BCUT2D eigenvalue weighted by molar-refractivity contribution is 7.98. The minimum absolute atomic E-state index is 0.0228. The molecule has 1 nitrogen and oxygen atoms in total. The summed E-state index contributed by atoms with van der Waals surface area (Å²) >= 11 is 0. The highest BCUT2D eigenvalue weighted by Crippen LogP contribution is 2.54. The standard InChI is InChI=1S/C19H20NS/c1-18(2)15-9-5-6-10-16(15)20-19(18)13-12-14-8-4-7-11-17(14)21(19)3/h4-13,20H,1-3H3/q+1. The fraction of sp³-hybridized carbons (Fsp3) is 0.263. The van der Waals surface area contributed by atoms with Crippen LogP contribution in [-0.4, -0.2) is 11.1 Å². The molecule has 0 bridgehead atoms. The van der Waals surface area contributed by atoms with E-state index >= 15 is 0 Å². The Morgan fingerprint density at radius 1 is 0.952 bits per heavy atom. The van der Waals surface area contributed by atoms with Crippen LogP contribution in [0.5, 0.6) is 0 Å². The second-order valence-corrected chi connectivity index (χ2v) is 8.52. The Labute approximate surface area is 129 Å². The molecule has 106 valence electrons. The normalized spacial score (nSPS) is 28.0. The molecule has 1 spiro atoms. The van der Waals surface area contributed by atoms with Crippen LogP contribution in [0.3, 0.4) is 0 Å². The first-order valence-electron chi connectivity index (χ1n) is 7.38. The minimum atomic E-state index is -0.0228. The van der Waals surface area contributed by atoms with Gasteiger partial charge in [-0.1, -0.05) is 30.3 Å². The Balaban J connectivity index is 1.92. The van der Waals surface area contributed by atoms with Gasteiger partial charge in [-0.2, -0.15) is 0 Å². The minimum Gasteiger partial charge on any atom is -0.334 e. The zero-order valence-corrected chi connectivity index (χ0v) is 13.5. The van der Waals surface area contributed by atoms with Crippen LogP contribution in [0.4, 0.5) is 5.69 Å². The lowest BCUT2D eigenvalue weighted by atomic mass is 9.79. The second kappa shape index (κ2) is 4.17. The molecule has 0 radical (unpaired) electrons. The van der Waals surface area contributed by atoms with Gasteiger partial charge in [-0.15, -0.1) is 0 Å². The van der Waals surface area contributed by atoms with Gasteiger partial charge in [0.1, 0.15) is 6.26 Å². The molecule has 2 heterocycles. The van der Waals surface area contributed by atoms with Gasteiger partial charge >= 0.3 is 0 Å². The van der Waals surface area contributed by atoms with Gasteiger partial charge in [0.25, 0.3) is 0 Å². The Kier molecular flexibility index (Phi) is 2.59. The van der Waals surface area contributed by atoms with Gasteiger partial charge in [0.15, 0.2) is 4.90 Å². The van der Waals surface area contributed by atoms with Gasteiger partial charge in [0, 0.05) is 11.3 Å². The van der Waals surface area contributed by atoms with Crippen molar-refractivity contribution in [1.82, 2.24) is 0 Å². The smallest absolute Gasteiger partial charge is 0.231 e. The van der Waals surface area contributed by atoms with Crippen LogP contribution < -0.4 is 5.32 Å². The van der Waals surface area contributed by atoms with Gasteiger partial charge < -0.3 is 5.32 Å². The summed E-state index contributed by atoms with van der Waals surface area (Å²) in [5.74, 6) is 0. The number of hydrogen-bond donors (Lipinski definition) is 1. The average Bonchev–Trinajstić information content (AvgIpc) is 2.73. The van der Waals surface area contributed by atoms with E-state index in [9.17, 15) is 0 Å². The molecule has 0 aliphatic carbocycles. The molecule has 0 fully saturated rings. The average molecular weight is 294 g/mol. The first-order valence-corrected chi connectivity index (χ1v) is 9.01. The van der Waals surface area contributed by atoms with E-state index in [1.807, 2.05) is 0 Å². The molecule has 0 amide bonds. The molecule has 2 aromatic carbocycles. The van der Waals surface area contributed by atoms with Gasteiger partial charge in [-0.25, -0.2) is 0 Å². The van der Waals surface area contributed by atoms with Crippen molar-refractivity contribution in [3.63, 3.8) is 0 Å². The lowest BCUT2D eigenvalue weighted by Crippen LogP contribution is -2.54. The molecule has 2 aliphatic heterocycles. The van der Waals surface area contributed by atoms with Crippen LogP contribution in [0.25, 0.3) is 6.08 Å². The maximum Gasteiger partial charge on any atom is 0.231 e. The quantitative estimate of drug-likeness (QED) is 0.709. The number of benzene rings is 2. The second-order valence-electron chi connectivity index (χ2n) is 6.41. The third kappa shape index (κ3) is 1.54. The van der Waals surface area contributed by atoms with Crippen LogP contribution in [0, 0.1) is 0 Å². The Morgan fingerprint density at radius 2 is 1.67 bits per heavy atom. The number of fused-ring (bicyclic) bond motifs is 2. The van der Waals surface area contributed by atoms with Crippen molar-refractivity contribution in [2.45, 2.75) is 29.0 Å². The third-order valence-corrected chi connectivity index (χ3v) is 7.82. The molecule has 0 saturated heterocycles. The van der Waals surface area contributed by atoms with Crippen LogP contribution in [0.1, 0.15) is 25.0 Å². The van der Waals surface area contributed by atoms with Gasteiger partial charge in [0.2, 0.25) is 4.87 Å². The molecule has 0 saturated carbocycles. The van der Waals surface area contributed by atoms with Crippen molar-refractivity contribution in [3.05, 3.63) is 65.7 Å². The molecule has 2 atom stereocenters. The number of hydrogen-bond acceptors (Lipinski definition) is 1. The summed E-state index contributed by atoms with van der Waals surface area (Å²) in [5, 5.41) is 3.86. The molecule has 2 unspecified atom stereocenters. The molecule has 1 N–H and O–H groups in total. The molecule has 2 heteroatoms. The first kappa shape index (κ1) is 13.0. The van der Waals surface area contributed by atoms with Crippen molar-refractivity contribution >= 4 is 22.7 Å². The van der Waals surface area contributed by atoms with E-state index in [4.69, 9.17) is 0 Å². The van der Waals surface area contributed by atoms with E-state index in [2.05, 4.69) is 86.1 Å². The molecular formula is C19H20NS+. The molecule has 21 heavy (non-hydrogen) atoms. The summed E-state index contributed by atoms with van der Waals surface area (Å²) in [6.45, 7) is 4.74. The largest absolute Gasteiger partial charge is 0.334 e. The number of nitrogens with one attached hydrogen (secondary N) is 1. The van der Waals surface area contributed by atoms with Crippen molar-refractivity contribution in [1.29, 1.82) is 0 Å². The monoisotopic (exact) mass is 294 g/mol. The fourth-order valence-corrected chi connectivity index (χ4v) is 6.31. The van der Waals surface area contributed by atoms with Gasteiger partial charge in [-0.05, 0) is 49.8 Å². The topological polar surface area (TPSA) is 12.0 Å². The van der Waals surface area contributed by atoms with Gasteiger partial charge in [-0.3, -0.25) is 0 Å². The van der Waals surface area contributed by atoms with E-state index in [1.54, 1.807) is 0 Å². The predicted octanol–water partition coefficient (Wildman–Crippen LogP) is 4.42. The summed E-state index contributed by atoms with van der Waals surface area (Å²) in [4.78, 5) is 1.44. The van der Waals surface area contributed by atoms with Crippen molar-refractivity contribution in [2.24, 2.45) is 0 Å². The maximum absolute atomic E-state index is 3.86. The highest BCUT2D eigenvalue weighted by Gasteiger charge is 2.62. The lowest BCUT2D eigenvalue weighted by Gasteiger charge is -2.38. The van der Waals surface area contributed by atoms with E-state index in [1.165, 1.54) is 21.7 Å². The summed E-state index contributed by atoms with van der Waals surface area (Å²) in [7, 11) is 0.107. The van der Waals surface area contributed by atoms with E-state index < -0.39 is 0 Å². The van der Waals surface area contributed by atoms with Crippen molar-refractivity contribution in [3.8, 4) is 0 Å². The van der Waals surface area contributed by atoms with Crippen LogP contribution in [0.15, 0.2) is 59.5 Å². The first-order chi connectivity index (χ1) is 10.1. The lowest BCUT2D eigenvalue weighted by molar-refractivity contribution is 0.480. The predicted molar refractivity (Wildman–Crippen MR) is 92.9 cm³/mol. The SMILES string of the molecule is C[S+]1c2ccccc2C=CC12Nc1ccccc1C2(C)C. The molecule has 4 rings (SSSR count). The van der Waals surface area contributed by atoms with E-state index in [0.717, 1.165) is 0 Å². The maximum atomic E-state index is 3.86. The summed E-state index contributed by atoms with van der Waals surface area (Å²) < 4.78 is 0. The summed E-state index contributed by atoms with van der Waals surface area (Å²) in [5.41, 5.74) is 4.15. The summed E-state index contributed by atoms with van der Waals surface area (Å²) in [6, 6.07) is 17.5. The molecule has 2 aromatic rings.